The monoisotopic (exact) mass is 281 g/mol. The van der Waals surface area contributed by atoms with Crippen molar-refractivity contribution >= 4 is 23.1 Å². The molecule has 108 valence electrons. The van der Waals surface area contributed by atoms with E-state index in [0.717, 1.165) is 29.9 Å². The van der Waals surface area contributed by atoms with Gasteiger partial charge in [0, 0.05) is 23.1 Å². The second-order valence-corrected chi connectivity index (χ2v) is 5.44. The molecule has 0 unspecified atom stereocenters. The van der Waals surface area contributed by atoms with E-state index in [-0.39, 0.29) is 6.03 Å². The van der Waals surface area contributed by atoms with E-state index in [9.17, 15) is 4.79 Å². The molecule has 1 aliphatic rings. The number of benzene rings is 2. The van der Waals surface area contributed by atoms with E-state index in [2.05, 4.69) is 35.0 Å². The molecule has 0 saturated heterocycles. The van der Waals surface area contributed by atoms with Gasteiger partial charge in [0.05, 0.1) is 0 Å². The third-order valence-electron chi connectivity index (χ3n) is 3.40. The van der Waals surface area contributed by atoms with Crippen LogP contribution < -0.4 is 16.0 Å². The minimum Gasteiger partial charge on any atom is -0.356 e. The Bertz CT molecular complexity index is 615. The Morgan fingerprint density at radius 3 is 2.00 bits per heavy atom. The molecule has 0 bridgehead atoms. The van der Waals surface area contributed by atoms with Crippen LogP contribution in [0.5, 0.6) is 0 Å². The topological polar surface area (TPSA) is 53.2 Å². The SMILES string of the molecule is Cc1ccc(Nc2ccc(NC(=O)NC3CC3)cc2)cc1. The van der Waals surface area contributed by atoms with Gasteiger partial charge in [-0.05, 0) is 56.2 Å². The molecule has 0 spiro atoms. The Morgan fingerprint density at radius 1 is 0.905 bits per heavy atom. The molecule has 0 radical (unpaired) electrons. The molecule has 4 nitrogen and oxygen atoms in total. The van der Waals surface area contributed by atoms with Gasteiger partial charge in [0.2, 0.25) is 0 Å². The summed E-state index contributed by atoms with van der Waals surface area (Å²) in [5.41, 5.74) is 4.07. The van der Waals surface area contributed by atoms with Crippen molar-refractivity contribution in [3.63, 3.8) is 0 Å². The lowest BCUT2D eigenvalue weighted by atomic mass is 10.2. The van der Waals surface area contributed by atoms with Gasteiger partial charge in [-0.1, -0.05) is 17.7 Å². The van der Waals surface area contributed by atoms with E-state index in [1.54, 1.807) is 0 Å². The van der Waals surface area contributed by atoms with Crippen LogP contribution in [0.25, 0.3) is 0 Å². The lowest BCUT2D eigenvalue weighted by Gasteiger charge is -2.09. The number of amides is 2. The third kappa shape index (κ3) is 3.99. The second-order valence-electron chi connectivity index (χ2n) is 5.44. The molecule has 0 aliphatic heterocycles. The number of anilines is 3. The van der Waals surface area contributed by atoms with E-state index < -0.39 is 0 Å². The van der Waals surface area contributed by atoms with Crippen LogP contribution in [0.3, 0.4) is 0 Å². The first-order valence-electron chi connectivity index (χ1n) is 7.20. The lowest BCUT2D eigenvalue weighted by Crippen LogP contribution is -2.30. The number of hydrogen-bond acceptors (Lipinski definition) is 2. The molecule has 2 aromatic rings. The van der Waals surface area contributed by atoms with Gasteiger partial charge in [-0.15, -0.1) is 0 Å². The minimum absolute atomic E-state index is 0.128. The van der Waals surface area contributed by atoms with Crippen LogP contribution in [0.4, 0.5) is 21.9 Å². The van der Waals surface area contributed by atoms with E-state index in [1.807, 2.05) is 36.4 Å². The van der Waals surface area contributed by atoms with Crippen LogP contribution in [0.2, 0.25) is 0 Å². The zero-order valence-electron chi connectivity index (χ0n) is 12.0. The first kappa shape index (κ1) is 13.5. The highest BCUT2D eigenvalue weighted by atomic mass is 16.2. The van der Waals surface area contributed by atoms with Crippen LogP contribution in [0, 0.1) is 6.92 Å². The first-order chi connectivity index (χ1) is 10.2. The van der Waals surface area contributed by atoms with Gasteiger partial charge < -0.3 is 16.0 Å². The molecule has 1 saturated carbocycles. The Morgan fingerprint density at radius 2 is 1.43 bits per heavy atom. The molecule has 3 rings (SSSR count). The molecule has 21 heavy (non-hydrogen) atoms. The molecule has 1 fully saturated rings. The maximum Gasteiger partial charge on any atom is 0.319 e. The van der Waals surface area contributed by atoms with Gasteiger partial charge in [-0.3, -0.25) is 0 Å². The van der Waals surface area contributed by atoms with Gasteiger partial charge in [0.15, 0.2) is 0 Å². The summed E-state index contributed by atoms with van der Waals surface area (Å²) in [7, 11) is 0. The molecule has 0 heterocycles. The number of carbonyl (C=O) groups is 1. The van der Waals surface area contributed by atoms with Crippen molar-refractivity contribution in [2.75, 3.05) is 10.6 Å². The summed E-state index contributed by atoms with van der Waals surface area (Å²) in [6.07, 6.45) is 2.18. The molecule has 3 N–H and O–H groups in total. The second kappa shape index (κ2) is 5.87. The van der Waals surface area contributed by atoms with Crippen LogP contribution in [-0.4, -0.2) is 12.1 Å². The van der Waals surface area contributed by atoms with Gasteiger partial charge in [-0.25, -0.2) is 4.79 Å². The molecular formula is C17H19N3O. The molecular weight excluding hydrogens is 262 g/mol. The Hall–Kier alpha value is -2.49. The predicted octanol–water partition coefficient (Wildman–Crippen LogP) is 4.02. The van der Waals surface area contributed by atoms with E-state index >= 15 is 0 Å². The molecule has 2 aromatic carbocycles. The van der Waals surface area contributed by atoms with Crippen molar-refractivity contribution < 1.29 is 4.79 Å². The quantitative estimate of drug-likeness (QED) is 0.792. The highest BCUT2D eigenvalue weighted by Crippen LogP contribution is 2.20. The van der Waals surface area contributed by atoms with E-state index in [4.69, 9.17) is 0 Å². The molecule has 0 atom stereocenters. The zero-order valence-corrected chi connectivity index (χ0v) is 12.0. The fourth-order valence-electron chi connectivity index (χ4n) is 2.02. The smallest absolute Gasteiger partial charge is 0.319 e. The van der Waals surface area contributed by atoms with Gasteiger partial charge in [-0.2, -0.15) is 0 Å². The molecule has 0 aromatic heterocycles. The highest BCUT2D eigenvalue weighted by molar-refractivity contribution is 5.89. The number of nitrogens with one attached hydrogen (secondary N) is 3. The highest BCUT2D eigenvalue weighted by Gasteiger charge is 2.23. The zero-order chi connectivity index (χ0) is 14.7. The van der Waals surface area contributed by atoms with Gasteiger partial charge >= 0.3 is 6.03 Å². The Labute approximate surface area is 124 Å². The van der Waals surface area contributed by atoms with Crippen LogP contribution in [-0.2, 0) is 0 Å². The summed E-state index contributed by atoms with van der Waals surface area (Å²) in [6.45, 7) is 2.07. The van der Waals surface area contributed by atoms with E-state index in [1.165, 1.54) is 5.56 Å². The summed E-state index contributed by atoms with van der Waals surface area (Å²) < 4.78 is 0. The summed E-state index contributed by atoms with van der Waals surface area (Å²) in [5, 5.41) is 9.06. The number of aryl methyl sites for hydroxylation is 1. The van der Waals surface area contributed by atoms with Crippen LogP contribution in [0.15, 0.2) is 48.5 Å². The van der Waals surface area contributed by atoms with E-state index in [0.29, 0.717) is 6.04 Å². The number of rotatable bonds is 4. The summed E-state index contributed by atoms with van der Waals surface area (Å²) in [5.74, 6) is 0. The fraction of sp³-hybridized carbons (Fsp3) is 0.235. The predicted molar refractivity (Wildman–Crippen MR) is 86.1 cm³/mol. The van der Waals surface area contributed by atoms with Gasteiger partial charge in [0.25, 0.3) is 0 Å². The Balaban J connectivity index is 1.58. The minimum atomic E-state index is -0.128. The molecule has 1 aliphatic carbocycles. The van der Waals surface area contributed by atoms with Crippen LogP contribution >= 0.6 is 0 Å². The maximum atomic E-state index is 11.6. The fourth-order valence-corrected chi connectivity index (χ4v) is 2.02. The largest absolute Gasteiger partial charge is 0.356 e. The number of carbonyl (C=O) groups excluding carboxylic acids is 1. The van der Waals surface area contributed by atoms with Crippen molar-refractivity contribution in [3.05, 3.63) is 54.1 Å². The van der Waals surface area contributed by atoms with Crippen molar-refractivity contribution in [3.8, 4) is 0 Å². The van der Waals surface area contributed by atoms with Gasteiger partial charge in [0.1, 0.15) is 0 Å². The van der Waals surface area contributed by atoms with Crippen molar-refractivity contribution in [2.45, 2.75) is 25.8 Å². The summed E-state index contributed by atoms with van der Waals surface area (Å²) >= 11 is 0. The summed E-state index contributed by atoms with van der Waals surface area (Å²) in [6, 6.07) is 16.2. The molecule has 2 amide bonds. The van der Waals surface area contributed by atoms with Crippen molar-refractivity contribution in [2.24, 2.45) is 0 Å². The first-order valence-corrected chi connectivity index (χ1v) is 7.20. The number of hydrogen-bond donors (Lipinski definition) is 3. The standard InChI is InChI=1S/C17H19N3O/c1-12-2-4-13(5-3-12)18-14-6-8-15(9-7-14)19-17(21)20-16-10-11-16/h2-9,16,18H,10-11H2,1H3,(H2,19,20,21). The average molecular weight is 281 g/mol. The van der Waals surface area contributed by atoms with Crippen molar-refractivity contribution in [1.82, 2.24) is 5.32 Å². The normalized spacial score (nSPS) is 13.6. The lowest BCUT2D eigenvalue weighted by molar-refractivity contribution is 0.251. The third-order valence-corrected chi connectivity index (χ3v) is 3.40. The molecule has 4 heteroatoms. The van der Waals surface area contributed by atoms with Crippen molar-refractivity contribution in [1.29, 1.82) is 0 Å². The van der Waals surface area contributed by atoms with Crippen LogP contribution in [0.1, 0.15) is 18.4 Å². The summed E-state index contributed by atoms with van der Waals surface area (Å²) in [4.78, 5) is 11.6. The average Bonchev–Trinajstić information content (AvgIpc) is 3.27. The Kier molecular flexibility index (Phi) is 3.77. The number of urea groups is 1. The maximum absolute atomic E-state index is 11.6.